The van der Waals surface area contributed by atoms with Gasteiger partial charge >= 0.3 is 6.18 Å². The number of hydrogen-bond donors (Lipinski definition) is 1. The summed E-state index contributed by atoms with van der Waals surface area (Å²) in [5.74, 6) is -0.683. The molecule has 0 fully saturated rings. The number of nitrogens with zero attached hydrogens (tertiary/aromatic N) is 2. The van der Waals surface area contributed by atoms with E-state index in [1.165, 1.54) is 10.9 Å². The Bertz CT molecular complexity index is 384. The number of imidazole rings is 1. The topological polar surface area (TPSA) is 46.9 Å². The molecular formula is C9H12F3N3O. The van der Waals surface area contributed by atoms with E-state index in [-0.39, 0.29) is 6.54 Å². The number of alkyl halides is 3. The van der Waals surface area contributed by atoms with E-state index in [2.05, 4.69) is 4.98 Å². The van der Waals surface area contributed by atoms with Crippen LogP contribution in [0.1, 0.15) is 11.4 Å². The minimum Gasteiger partial charge on any atom is -0.345 e. The van der Waals surface area contributed by atoms with Crippen LogP contribution in [0.25, 0.3) is 0 Å². The molecule has 1 N–H and O–H groups in total. The van der Waals surface area contributed by atoms with Crippen LogP contribution in [-0.2, 0) is 11.3 Å². The van der Waals surface area contributed by atoms with Gasteiger partial charge in [-0.2, -0.15) is 13.2 Å². The third-order valence-corrected chi connectivity index (χ3v) is 2.15. The van der Waals surface area contributed by atoms with Crippen LogP contribution in [0, 0.1) is 13.8 Å². The van der Waals surface area contributed by atoms with Crippen LogP contribution in [0.4, 0.5) is 13.2 Å². The summed E-state index contributed by atoms with van der Waals surface area (Å²) < 4.78 is 36.9. The van der Waals surface area contributed by atoms with Crippen molar-refractivity contribution in [1.82, 2.24) is 14.9 Å². The molecule has 0 radical (unpaired) electrons. The molecule has 0 aliphatic heterocycles. The highest BCUT2D eigenvalue weighted by molar-refractivity contribution is 5.75. The number of rotatable bonds is 3. The number of amides is 1. The molecule has 7 heteroatoms. The predicted molar refractivity (Wildman–Crippen MR) is 50.8 cm³/mol. The summed E-state index contributed by atoms with van der Waals surface area (Å²) in [5.41, 5.74) is 1.52. The molecule has 1 aromatic heterocycles. The third kappa shape index (κ3) is 3.56. The summed E-state index contributed by atoms with van der Waals surface area (Å²) in [7, 11) is 0. The molecule has 0 saturated heterocycles. The zero-order valence-corrected chi connectivity index (χ0v) is 8.93. The van der Waals surface area contributed by atoms with Crippen molar-refractivity contribution in [2.45, 2.75) is 26.6 Å². The standard InChI is InChI=1S/C9H12F3N3O/c1-6-7(2)15(5-14-6)3-8(16)13-4-9(10,11)12/h5H,3-4H2,1-2H3,(H,13,16). The highest BCUT2D eigenvalue weighted by Gasteiger charge is 2.27. The lowest BCUT2D eigenvalue weighted by Gasteiger charge is -2.09. The van der Waals surface area contributed by atoms with E-state index in [0.717, 1.165) is 11.4 Å². The van der Waals surface area contributed by atoms with Gasteiger partial charge in [0.15, 0.2) is 0 Å². The van der Waals surface area contributed by atoms with Gasteiger partial charge in [0.05, 0.1) is 12.0 Å². The van der Waals surface area contributed by atoms with Gasteiger partial charge in [-0.15, -0.1) is 0 Å². The second-order valence-corrected chi connectivity index (χ2v) is 3.44. The number of hydrogen-bond acceptors (Lipinski definition) is 2. The van der Waals surface area contributed by atoms with Crippen LogP contribution in [0.5, 0.6) is 0 Å². The van der Waals surface area contributed by atoms with Crippen LogP contribution >= 0.6 is 0 Å². The fraction of sp³-hybridized carbons (Fsp3) is 0.556. The van der Waals surface area contributed by atoms with Crippen molar-refractivity contribution < 1.29 is 18.0 Å². The minimum absolute atomic E-state index is 0.150. The number of aryl methyl sites for hydroxylation is 1. The number of carbonyl (C=O) groups is 1. The van der Waals surface area contributed by atoms with E-state index in [9.17, 15) is 18.0 Å². The lowest BCUT2D eigenvalue weighted by molar-refractivity contribution is -0.138. The molecule has 0 bridgehead atoms. The van der Waals surface area contributed by atoms with Crippen LogP contribution in [0.3, 0.4) is 0 Å². The van der Waals surface area contributed by atoms with Crippen LogP contribution in [-0.4, -0.2) is 28.2 Å². The maximum atomic E-state index is 11.8. The van der Waals surface area contributed by atoms with Gasteiger partial charge in [0, 0.05) is 5.69 Å². The van der Waals surface area contributed by atoms with Crippen LogP contribution < -0.4 is 5.32 Å². The first kappa shape index (κ1) is 12.5. The van der Waals surface area contributed by atoms with Crippen LogP contribution in [0.15, 0.2) is 6.33 Å². The van der Waals surface area contributed by atoms with E-state index < -0.39 is 18.6 Å². The van der Waals surface area contributed by atoms with Crippen molar-refractivity contribution in [3.63, 3.8) is 0 Å². The highest BCUT2D eigenvalue weighted by Crippen LogP contribution is 2.12. The molecule has 0 aromatic carbocycles. The van der Waals surface area contributed by atoms with Crippen molar-refractivity contribution in [2.75, 3.05) is 6.54 Å². The quantitative estimate of drug-likeness (QED) is 0.855. The second kappa shape index (κ2) is 4.54. The predicted octanol–water partition coefficient (Wildman–Crippen LogP) is 1.18. The van der Waals surface area contributed by atoms with Crippen LogP contribution in [0.2, 0.25) is 0 Å². The smallest absolute Gasteiger partial charge is 0.345 e. The van der Waals surface area contributed by atoms with Crippen molar-refractivity contribution in [2.24, 2.45) is 0 Å². The largest absolute Gasteiger partial charge is 0.405 e. The van der Waals surface area contributed by atoms with Crippen molar-refractivity contribution in [1.29, 1.82) is 0 Å². The molecule has 90 valence electrons. The van der Waals surface area contributed by atoms with Gasteiger partial charge in [0.2, 0.25) is 5.91 Å². The first-order valence-electron chi connectivity index (χ1n) is 4.61. The van der Waals surface area contributed by atoms with E-state index >= 15 is 0 Å². The Kier molecular flexibility index (Phi) is 3.56. The van der Waals surface area contributed by atoms with E-state index in [1.54, 1.807) is 19.2 Å². The van der Waals surface area contributed by atoms with Gasteiger partial charge in [-0.25, -0.2) is 4.98 Å². The Labute approximate surface area is 90.5 Å². The molecule has 0 aliphatic rings. The number of halogens is 3. The molecule has 0 aliphatic carbocycles. The molecule has 0 atom stereocenters. The molecule has 1 aromatic rings. The van der Waals surface area contributed by atoms with Crippen molar-refractivity contribution in [3.8, 4) is 0 Å². The average molecular weight is 235 g/mol. The number of carbonyl (C=O) groups excluding carboxylic acids is 1. The lowest BCUT2D eigenvalue weighted by Crippen LogP contribution is -2.35. The average Bonchev–Trinajstić information content (AvgIpc) is 2.46. The Balaban J connectivity index is 2.49. The zero-order valence-electron chi connectivity index (χ0n) is 8.93. The third-order valence-electron chi connectivity index (χ3n) is 2.15. The zero-order chi connectivity index (χ0) is 12.3. The normalized spacial score (nSPS) is 11.6. The first-order valence-corrected chi connectivity index (χ1v) is 4.61. The number of nitrogens with one attached hydrogen (secondary N) is 1. The minimum atomic E-state index is -4.38. The summed E-state index contributed by atoms with van der Waals surface area (Å²) in [6, 6.07) is 0. The summed E-state index contributed by atoms with van der Waals surface area (Å²) >= 11 is 0. The van der Waals surface area contributed by atoms with Gasteiger partial charge in [-0.1, -0.05) is 0 Å². The van der Waals surface area contributed by atoms with Crippen molar-refractivity contribution in [3.05, 3.63) is 17.7 Å². The summed E-state index contributed by atoms with van der Waals surface area (Å²) in [6.07, 6.45) is -2.95. The molecule has 0 unspecified atom stereocenters. The van der Waals surface area contributed by atoms with E-state index in [4.69, 9.17) is 0 Å². The fourth-order valence-electron chi connectivity index (χ4n) is 1.11. The maximum absolute atomic E-state index is 11.8. The molecule has 1 rings (SSSR count). The van der Waals surface area contributed by atoms with E-state index in [0.29, 0.717) is 0 Å². The molecule has 0 saturated carbocycles. The SMILES string of the molecule is Cc1ncn(CC(=O)NCC(F)(F)F)c1C. The Morgan fingerprint density at radius 3 is 2.56 bits per heavy atom. The van der Waals surface area contributed by atoms with Gasteiger partial charge in [0.25, 0.3) is 0 Å². The maximum Gasteiger partial charge on any atom is 0.405 e. The van der Waals surface area contributed by atoms with Gasteiger partial charge in [-0.05, 0) is 13.8 Å². The highest BCUT2D eigenvalue weighted by atomic mass is 19.4. The Morgan fingerprint density at radius 1 is 1.50 bits per heavy atom. The van der Waals surface area contributed by atoms with Gasteiger partial charge < -0.3 is 9.88 Å². The number of aromatic nitrogens is 2. The Morgan fingerprint density at radius 2 is 2.12 bits per heavy atom. The second-order valence-electron chi connectivity index (χ2n) is 3.44. The fourth-order valence-corrected chi connectivity index (χ4v) is 1.11. The molecule has 4 nitrogen and oxygen atoms in total. The van der Waals surface area contributed by atoms with Gasteiger partial charge in [-0.3, -0.25) is 4.79 Å². The summed E-state index contributed by atoms with van der Waals surface area (Å²) in [6.45, 7) is 2.06. The first-order chi connectivity index (χ1) is 7.29. The molecule has 0 spiro atoms. The van der Waals surface area contributed by atoms with Gasteiger partial charge in [0.1, 0.15) is 13.1 Å². The summed E-state index contributed by atoms with van der Waals surface area (Å²) in [5, 5.41) is 1.80. The molecule has 16 heavy (non-hydrogen) atoms. The van der Waals surface area contributed by atoms with E-state index in [1.807, 2.05) is 0 Å². The Hall–Kier alpha value is -1.53. The van der Waals surface area contributed by atoms with Crippen molar-refractivity contribution >= 4 is 5.91 Å². The summed E-state index contributed by atoms with van der Waals surface area (Å²) in [4.78, 5) is 15.1. The molecule has 1 heterocycles. The lowest BCUT2D eigenvalue weighted by atomic mass is 10.4. The monoisotopic (exact) mass is 235 g/mol. The molecular weight excluding hydrogens is 223 g/mol. The molecule has 1 amide bonds.